The first kappa shape index (κ1) is 12.7. The van der Waals surface area contributed by atoms with Gasteiger partial charge in [-0.25, -0.2) is 9.37 Å². The van der Waals surface area contributed by atoms with Crippen LogP contribution in [0.4, 0.5) is 15.9 Å². The van der Waals surface area contributed by atoms with Crippen LogP contribution in [0.3, 0.4) is 0 Å². The van der Waals surface area contributed by atoms with E-state index in [0.29, 0.717) is 5.69 Å². The van der Waals surface area contributed by atoms with Gasteiger partial charge in [-0.2, -0.15) is 0 Å². The zero-order valence-corrected chi connectivity index (χ0v) is 9.62. The van der Waals surface area contributed by atoms with Crippen LogP contribution < -0.4 is 10.5 Å². The van der Waals surface area contributed by atoms with Crippen molar-refractivity contribution in [3.05, 3.63) is 52.2 Å². The highest BCUT2D eigenvalue weighted by Gasteiger charge is 2.16. The van der Waals surface area contributed by atoms with Crippen LogP contribution in [0.1, 0.15) is 5.69 Å². The highest BCUT2D eigenvalue weighted by atomic mass is 19.1. The molecule has 0 fully saturated rings. The first-order valence-electron chi connectivity index (χ1n) is 5.19. The Balaban J connectivity index is 2.15. The topological polar surface area (TPSA) is 104 Å². The van der Waals surface area contributed by atoms with Crippen molar-refractivity contribution in [2.75, 3.05) is 5.73 Å². The molecule has 0 spiro atoms. The normalized spacial score (nSPS) is 10.2. The van der Waals surface area contributed by atoms with Gasteiger partial charge in [-0.05, 0) is 12.1 Å². The molecule has 0 aliphatic carbocycles. The van der Waals surface area contributed by atoms with Gasteiger partial charge in [0.05, 0.1) is 29.1 Å². The minimum Gasteiger partial charge on any atom is -0.480 e. The number of hydrogen-bond donors (Lipinski definition) is 1. The number of nitrogen functional groups attached to an aromatic ring is 1. The Bertz CT molecular complexity index is 603. The summed E-state index contributed by atoms with van der Waals surface area (Å²) in [6, 6.07) is 3.07. The van der Waals surface area contributed by atoms with E-state index in [1.54, 1.807) is 0 Å². The molecule has 7 nitrogen and oxygen atoms in total. The minimum absolute atomic E-state index is 0.0280. The fraction of sp³-hybridized carbons (Fsp3) is 0.0909. The van der Waals surface area contributed by atoms with E-state index in [2.05, 4.69) is 9.97 Å². The Morgan fingerprint density at radius 1 is 1.37 bits per heavy atom. The molecule has 0 saturated heterocycles. The lowest BCUT2D eigenvalue weighted by Gasteiger charge is -2.06. The lowest BCUT2D eigenvalue weighted by Crippen LogP contribution is -2.02. The summed E-state index contributed by atoms with van der Waals surface area (Å²) in [4.78, 5) is 17.8. The van der Waals surface area contributed by atoms with E-state index >= 15 is 0 Å². The molecule has 8 heteroatoms. The Kier molecular flexibility index (Phi) is 3.51. The molecule has 0 atom stereocenters. The summed E-state index contributed by atoms with van der Waals surface area (Å²) in [6.45, 7) is -0.0280. The molecule has 1 aromatic heterocycles. The number of nitro groups is 1. The molecular weight excluding hydrogens is 255 g/mol. The SMILES string of the molecule is Nc1cnc(COc2ccc(F)cc2[N+](=O)[O-])cn1. The average molecular weight is 264 g/mol. The number of rotatable bonds is 4. The van der Waals surface area contributed by atoms with Gasteiger partial charge in [-0.3, -0.25) is 15.1 Å². The number of nitrogens with two attached hydrogens (primary N) is 1. The maximum atomic E-state index is 12.9. The van der Waals surface area contributed by atoms with E-state index in [1.807, 2.05) is 0 Å². The molecule has 0 aliphatic rings. The second kappa shape index (κ2) is 5.25. The molecule has 0 bridgehead atoms. The molecule has 0 amide bonds. The number of aromatic nitrogens is 2. The van der Waals surface area contributed by atoms with Gasteiger partial charge in [0.1, 0.15) is 18.2 Å². The number of anilines is 1. The highest BCUT2D eigenvalue weighted by Crippen LogP contribution is 2.27. The van der Waals surface area contributed by atoms with Crippen molar-refractivity contribution in [2.45, 2.75) is 6.61 Å². The van der Waals surface area contributed by atoms with Crippen molar-refractivity contribution >= 4 is 11.5 Å². The van der Waals surface area contributed by atoms with E-state index in [9.17, 15) is 14.5 Å². The predicted molar refractivity (Wildman–Crippen MR) is 63.8 cm³/mol. The van der Waals surface area contributed by atoms with Gasteiger partial charge >= 0.3 is 5.69 Å². The Hall–Kier alpha value is -2.77. The number of hydrogen-bond acceptors (Lipinski definition) is 6. The van der Waals surface area contributed by atoms with Crippen molar-refractivity contribution in [2.24, 2.45) is 0 Å². The fourth-order valence-corrected chi connectivity index (χ4v) is 1.35. The van der Waals surface area contributed by atoms with Crippen LogP contribution in [-0.4, -0.2) is 14.9 Å². The van der Waals surface area contributed by atoms with E-state index in [1.165, 1.54) is 18.5 Å². The number of nitrogens with zero attached hydrogens (tertiary/aromatic N) is 3. The summed E-state index contributed by atoms with van der Waals surface area (Å²) >= 11 is 0. The monoisotopic (exact) mass is 264 g/mol. The van der Waals surface area contributed by atoms with Crippen LogP contribution in [-0.2, 0) is 6.61 Å². The molecule has 1 aromatic carbocycles. The zero-order chi connectivity index (χ0) is 13.8. The van der Waals surface area contributed by atoms with Crippen molar-refractivity contribution in [1.82, 2.24) is 9.97 Å². The first-order valence-corrected chi connectivity index (χ1v) is 5.19. The smallest absolute Gasteiger partial charge is 0.313 e. The van der Waals surface area contributed by atoms with Crippen LogP contribution in [0.25, 0.3) is 0 Å². The summed E-state index contributed by atoms with van der Waals surface area (Å²) in [5.41, 5.74) is 5.38. The molecule has 2 N–H and O–H groups in total. The molecule has 98 valence electrons. The summed E-state index contributed by atoms with van der Waals surface area (Å²) in [7, 11) is 0. The lowest BCUT2D eigenvalue weighted by atomic mass is 10.3. The number of halogens is 1. The molecule has 2 aromatic rings. The second-order valence-electron chi connectivity index (χ2n) is 3.59. The minimum atomic E-state index is -0.715. The Labute approximate surface area is 107 Å². The van der Waals surface area contributed by atoms with E-state index in [-0.39, 0.29) is 18.2 Å². The van der Waals surface area contributed by atoms with Gasteiger partial charge in [0, 0.05) is 0 Å². The molecule has 0 radical (unpaired) electrons. The first-order chi connectivity index (χ1) is 9.06. The number of nitro benzene ring substituents is 1. The summed E-state index contributed by atoms with van der Waals surface area (Å²) < 4.78 is 18.1. The maximum absolute atomic E-state index is 12.9. The van der Waals surface area contributed by atoms with Crippen molar-refractivity contribution < 1.29 is 14.1 Å². The molecule has 0 aliphatic heterocycles. The van der Waals surface area contributed by atoms with Gasteiger partial charge in [-0.15, -0.1) is 0 Å². The van der Waals surface area contributed by atoms with Gasteiger partial charge < -0.3 is 10.5 Å². The Morgan fingerprint density at radius 2 is 2.16 bits per heavy atom. The molecule has 0 saturated carbocycles. The maximum Gasteiger partial charge on any atom is 0.313 e. The van der Waals surface area contributed by atoms with Crippen molar-refractivity contribution in [3.63, 3.8) is 0 Å². The van der Waals surface area contributed by atoms with E-state index < -0.39 is 16.4 Å². The molecule has 0 unspecified atom stereocenters. The molecular formula is C11H9FN4O3. The molecule has 19 heavy (non-hydrogen) atoms. The molecule has 2 rings (SSSR count). The van der Waals surface area contributed by atoms with E-state index in [4.69, 9.17) is 10.5 Å². The third kappa shape index (κ3) is 3.12. The van der Waals surface area contributed by atoms with Gasteiger partial charge in [0.2, 0.25) is 0 Å². The number of ether oxygens (including phenoxy) is 1. The second-order valence-corrected chi connectivity index (χ2v) is 3.59. The highest BCUT2D eigenvalue weighted by molar-refractivity contribution is 5.46. The van der Waals surface area contributed by atoms with Gasteiger partial charge in [0.15, 0.2) is 5.75 Å². The van der Waals surface area contributed by atoms with Crippen LogP contribution in [0.15, 0.2) is 30.6 Å². The van der Waals surface area contributed by atoms with Crippen molar-refractivity contribution in [3.8, 4) is 5.75 Å². The summed E-state index contributed by atoms with van der Waals surface area (Å²) in [5.74, 6) is -0.479. The lowest BCUT2D eigenvalue weighted by molar-refractivity contribution is -0.386. The van der Waals surface area contributed by atoms with E-state index in [0.717, 1.165) is 12.1 Å². The number of benzene rings is 1. The van der Waals surface area contributed by atoms with Crippen molar-refractivity contribution in [1.29, 1.82) is 0 Å². The average Bonchev–Trinajstić information content (AvgIpc) is 2.39. The fourth-order valence-electron chi connectivity index (χ4n) is 1.35. The Morgan fingerprint density at radius 3 is 2.79 bits per heavy atom. The van der Waals surface area contributed by atoms with Gasteiger partial charge in [-0.1, -0.05) is 0 Å². The van der Waals surface area contributed by atoms with Crippen LogP contribution in [0.2, 0.25) is 0 Å². The zero-order valence-electron chi connectivity index (χ0n) is 9.62. The summed E-state index contributed by atoms with van der Waals surface area (Å²) in [5, 5.41) is 10.7. The third-order valence-electron chi connectivity index (χ3n) is 2.22. The van der Waals surface area contributed by atoms with Crippen LogP contribution in [0, 0.1) is 15.9 Å². The van der Waals surface area contributed by atoms with Crippen LogP contribution >= 0.6 is 0 Å². The largest absolute Gasteiger partial charge is 0.480 e. The molecule has 1 heterocycles. The van der Waals surface area contributed by atoms with Crippen LogP contribution in [0.5, 0.6) is 5.75 Å². The summed E-state index contributed by atoms with van der Waals surface area (Å²) in [6.07, 6.45) is 2.74. The third-order valence-corrected chi connectivity index (χ3v) is 2.22. The van der Waals surface area contributed by atoms with Gasteiger partial charge in [0.25, 0.3) is 0 Å². The standard InChI is InChI=1S/C11H9FN4O3/c12-7-1-2-10(9(3-7)16(17)18)19-6-8-4-15-11(13)5-14-8/h1-5H,6H2,(H2,13,15). The quantitative estimate of drug-likeness (QED) is 0.665. The predicted octanol–water partition coefficient (Wildman–Crippen LogP) is 1.69.